The van der Waals surface area contributed by atoms with Crippen LogP contribution in [0.2, 0.25) is 0 Å². The molecule has 0 aromatic carbocycles. The Morgan fingerprint density at radius 2 is 2.22 bits per heavy atom. The lowest BCUT2D eigenvalue weighted by Gasteiger charge is -2.18. The maximum Gasteiger partial charge on any atom is 0.412 e. The zero-order valence-electron chi connectivity index (χ0n) is 15.3. The van der Waals surface area contributed by atoms with E-state index in [9.17, 15) is 19.8 Å². The van der Waals surface area contributed by atoms with Gasteiger partial charge in [-0.25, -0.2) is 9.59 Å². The average molecular weight is 381 g/mol. The monoisotopic (exact) mass is 381 g/mol. The van der Waals surface area contributed by atoms with Crippen LogP contribution in [0, 0.1) is 12.3 Å². The first-order valence-corrected chi connectivity index (χ1v) is 8.45. The molecule has 0 radical (unpaired) electrons. The Morgan fingerprint density at radius 1 is 1.52 bits per heavy atom. The van der Waals surface area contributed by atoms with Gasteiger partial charge in [0.05, 0.1) is 17.8 Å². The number of rotatable bonds is 6. The molecular weight excluding hydrogens is 358 g/mol. The first kappa shape index (κ1) is 20.9. The predicted molar refractivity (Wildman–Crippen MR) is 94.1 cm³/mol. The van der Waals surface area contributed by atoms with E-state index in [0.29, 0.717) is 6.61 Å². The molecule has 1 aliphatic rings. The number of aliphatic hydroxyl groups excluding tert-OH is 2. The van der Waals surface area contributed by atoms with Gasteiger partial charge in [0.2, 0.25) is 0 Å². The molecule has 10 nitrogen and oxygen atoms in total. The van der Waals surface area contributed by atoms with E-state index in [2.05, 4.69) is 16.2 Å². The van der Waals surface area contributed by atoms with E-state index in [1.54, 1.807) is 13.8 Å². The van der Waals surface area contributed by atoms with Gasteiger partial charge in [-0.2, -0.15) is 4.98 Å². The number of nitrogens with zero attached hydrogens (tertiary/aromatic N) is 2. The fraction of sp³-hybridized carbons (Fsp3) is 0.588. The minimum atomic E-state index is -1.33. The molecule has 2 heterocycles. The topological polar surface area (TPSA) is 132 Å². The van der Waals surface area contributed by atoms with Gasteiger partial charge in [-0.1, -0.05) is 5.92 Å². The highest BCUT2D eigenvalue weighted by atomic mass is 16.6. The van der Waals surface area contributed by atoms with Crippen LogP contribution in [0.4, 0.5) is 10.6 Å². The molecule has 1 saturated heterocycles. The van der Waals surface area contributed by atoms with Crippen LogP contribution in [0.25, 0.3) is 0 Å². The summed E-state index contributed by atoms with van der Waals surface area (Å²) < 4.78 is 16.6. The van der Waals surface area contributed by atoms with Crippen molar-refractivity contribution in [2.45, 2.75) is 51.4 Å². The van der Waals surface area contributed by atoms with Crippen molar-refractivity contribution < 1.29 is 29.2 Å². The molecule has 1 amide bonds. The molecule has 27 heavy (non-hydrogen) atoms. The van der Waals surface area contributed by atoms with Crippen LogP contribution < -0.4 is 11.0 Å². The lowest BCUT2D eigenvalue weighted by Crippen LogP contribution is -2.36. The van der Waals surface area contributed by atoms with Crippen molar-refractivity contribution in [3.63, 3.8) is 0 Å². The third-order valence-corrected chi connectivity index (χ3v) is 3.98. The van der Waals surface area contributed by atoms with Gasteiger partial charge in [0.1, 0.15) is 18.8 Å². The Labute approximate surface area is 156 Å². The van der Waals surface area contributed by atoms with Gasteiger partial charge in [-0.05, 0) is 20.8 Å². The number of anilines is 1. The summed E-state index contributed by atoms with van der Waals surface area (Å²) in [6.45, 7) is 5.62. The van der Waals surface area contributed by atoms with Crippen LogP contribution >= 0.6 is 0 Å². The molecule has 0 spiro atoms. The molecule has 1 aromatic rings. The standard InChI is InChI=1S/C17H23N3O7/c1-5-11-7-20(15-13(22)12(21)10(4)27-15)16(23)18-14(11)19-17(24)26-8-9(3)25-6-2/h1,7,9-10,12-13,15,21-22H,6,8H2,2-4H3,(H,18,19,23,24)/t9?,10-,12-,13-,15-/m1/s1. The van der Waals surface area contributed by atoms with Crippen LogP contribution in [0.1, 0.15) is 32.6 Å². The number of hydrogen-bond donors (Lipinski definition) is 3. The molecule has 3 N–H and O–H groups in total. The van der Waals surface area contributed by atoms with E-state index in [4.69, 9.17) is 20.6 Å². The normalized spacial score (nSPS) is 25.6. The molecule has 0 bridgehead atoms. The van der Waals surface area contributed by atoms with Crippen molar-refractivity contribution >= 4 is 11.9 Å². The number of aliphatic hydroxyl groups is 2. The first-order valence-electron chi connectivity index (χ1n) is 8.45. The average Bonchev–Trinajstić information content (AvgIpc) is 2.88. The second kappa shape index (κ2) is 8.96. The fourth-order valence-corrected chi connectivity index (χ4v) is 2.57. The van der Waals surface area contributed by atoms with E-state index >= 15 is 0 Å². The number of carbonyl (C=O) groups excluding carboxylic acids is 1. The SMILES string of the molecule is C#Cc1cn([C@@H]2O[C@H](C)[C@@H](O)[C@H]2O)c(=O)nc1NC(=O)OCC(C)OCC. The molecule has 1 aliphatic heterocycles. The van der Waals surface area contributed by atoms with Crippen molar-refractivity contribution in [3.8, 4) is 12.3 Å². The summed E-state index contributed by atoms with van der Waals surface area (Å²) in [6, 6.07) is 0. The highest BCUT2D eigenvalue weighted by molar-refractivity contribution is 5.84. The third-order valence-electron chi connectivity index (χ3n) is 3.98. The third kappa shape index (κ3) is 4.84. The van der Waals surface area contributed by atoms with Crippen molar-refractivity contribution in [2.75, 3.05) is 18.5 Å². The summed E-state index contributed by atoms with van der Waals surface area (Å²) >= 11 is 0. The number of aromatic nitrogens is 2. The van der Waals surface area contributed by atoms with E-state index in [-0.39, 0.29) is 24.1 Å². The zero-order valence-corrected chi connectivity index (χ0v) is 15.3. The van der Waals surface area contributed by atoms with Gasteiger partial charge in [0.15, 0.2) is 12.0 Å². The molecule has 2 rings (SSSR count). The maximum atomic E-state index is 12.3. The fourth-order valence-electron chi connectivity index (χ4n) is 2.57. The molecule has 1 unspecified atom stereocenters. The van der Waals surface area contributed by atoms with Crippen molar-refractivity contribution in [1.29, 1.82) is 0 Å². The summed E-state index contributed by atoms with van der Waals surface area (Å²) in [5.41, 5.74) is -0.744. The Balaban J connectivity index is 2.16. The molecular formula is C17H23N3O7. The minimum absolute atomic E-state index is 0.0139. The largest absolute Gasteiger partial charge is 0.447 e. The Hall–Kier alpha value is -2.45. The number of carbonyl (C=O) groups is 1. The number of nitrogens with one attached hydrogen (secondary N) is 1. The lowest BCUT2D eigenvalue weighted by molar-refractivity contribution is -0.0350. The molecule has 1 fully saturated rings. The van der Waals surface area contributed by atoms with Crippen LogP contribution in [0.5, 0.6) is 0 Å². The number of terminal acetylenes is 1. The van der Waals surface area contributed by atoms with Gasteiger partial charge < -0.3 is 24.4 Å². The molecule has 0 saturated carbocycles. The Kier molecular flexibility index (Phi) is 6.92. The smallest absolute Gasteiger partial charge is 0.412 e. The van der Waals surface area contributed by atoms with Crippen LogP contribution in [0.3, 0.4) is 0 Å². The summed E-state index contributed by atoms with van der Waals surface area (Å²) in [5, 5.41) is 22.1. The van der Waals surface area contributed by atoms with E-state index in [1.165, 1.54) is 6.20 Å². The van der Waals surface area contributed by atoms with E-state index < -0.39 is 36.3 Å². The summed E-state index contributed by atoms with van der Waals surface area (Å²) in [7, 11) is 0. The number of hydrogen-bond acceptors (Lipinski definition) is 8. The molecule has 0 aliphatic carbocycles. The van der Waals surface area contributed by atoms with Crippen molar-refractivity contribution in [2.24, 2.45) is 0 Å². The van der Waals surface area contributed by atoms with E-state index in [0.717, 1.165) is 4.57 Å². The first-order chi connectivity index (χ1) is 12.8. The number of amides is 1. The highest BCUT2D eigenvalue weighted by Gasteiger charge is 2.42. The summed E-state index contributed by atoms with van der Waals surface area (Å²) in [5.74, 6) is 2.14. The lowest BCUT2D eigenvalue weighted by atomic mass is 10.1. The molecule has 5 atom stereocenters. The van der Waals surface area contributed by atoms with Gasteiger partial charge in [-0.3, -0.25) is 9.88 Å². The van der Waals surface area contributed by atoms with Gasteiger partial charge in [-0.15, -0.1) is 6.42 Å². The Bertz CT molecular complexity index is 773. The van der Waals surface area contributed by atoms with E-state index in [1.807, 2.05) is 6.92 Å². The minimum Gasteiger partial charge on any atom is -0.447 e. The van der Waals surface area contributed by atoms with Crippen molar-refractivity contribution in [3.05, 3.63) is 22.2 Å². The van der Waals surface area contributed by atoms with Crippen molar-refractivity contribution in [1.82, 2.24) is 9.55 Å². The second-order valence-electron chi connectivity index (χ2n) is 6.04. The molecule has 1 aromatic heterocycles. The van der Waals surface area contributed by atoms with Crippen LogP contribution in [-0.2, 0) is 14.2 Å². The highest BCUT2D eigenvalue weighted by Crippen LogP contribution is 2.28. The van der Waals surface area contributed by atoms with Gasteiger partial charge in [0, 0.05) is 12.8 Å². The molecule has 148 valence electrons. The predicted octanol–water partition coefficient (Wildman–Crippen LogP) is -0.163. The summed E-state index contributed by atoms with van der Waals surface area (Å²) in [4.78, 5) is 27.9. The molecule has 10 heteroatoms. The summed E-state index contributed by atoms with van der Waals surface area (Å²) in [6.07, 6.45) is 1.21. The maximum absolute atomic E-state index is 12.3. The quantitative estimate of drug-likeness (QED) is 0.579. The Morgan fingerprint density at radius 3 is 2.78 bits per heavy atom. The number of ether oxygens (including phenoxy) is 3. The van der Waals surface area contributed by atoms with Gasteiger partial charge in [0.25, 0.3) is 0 Å². The zero-order chi connectivity index (χ0) is 20.1. The second-order valence-corrected chi connectivity index (χ2v) is 6.04. The van der Waals surface area contributed by atoms with Crippen LogP contribution in [0.15, 0.2) is 11.0 Å². The van der Waals surface area contributed by atoms with Gasteiger partial charge >= 0.3 is 11.8 Å². The van der Waals surface area contributed by atoms with Crippen LogP contribution in [-0.4, -0.2) is 63.5 Å².